The molecule has 7 nitrogen and oxygen atoms in total. The summed E-state index contributed by atoms with van der Waals surface area (Å²) in [5.41, 5.74) is 1.87. The van der Waals surface area contributed by atoms with Crippen LogP contribution in [0.15, 0.2) is 59.0 Å². The van der Waals surface area contributed by atoms with Gasteiger partial charge >= 0.3 is 5.97 Å². The fourth-order valence-corrected chi connectivity index (χ4v) is 2.96. The minimum absolute atomic E-state index is 0.0509. The van der Waals surface area contributed by atoms with Gasteiger partial charge in [0.1, 0.15) is 18.1 Å². The third-order valence-electron chi connectivity index (χ3n) is 3.65. The van der Waals surface area contributed by atoms with E-state index in [0.29, 0.717) is 17.3 Å². The predicted molar refractivity (Wildman–Crippen MR) is 101 cm³/mol. The number of carbonyl (C=O) groups is 1. The summed E-state index contributed by atoms with van der Waals surface area (Å²) in [6.07, 6.45) is 1.04. The third kappa shape index (κ3) is 4.95. The Bertz CT molecular complexity index is 1060. The number of benzene rings is 2. The molecule has 3 aromatic rings. The van der Waals surface area contributed by atoms with E-state index in [1.165, 1.54) is 6.07 Å². The number of aromatic nitrogens is 1. The van der Waals surface area contributed by atoms with E-state index in [9.17, 15) is 13.2 Å². The van der Waals surface area contributed by atoms with E-state index in [1.807, 2.05) is 30.3 Å². The molecule has 0 radical (unpaired) electrons. The molecular weight excluding hydrogens is 368 g/mol. The number of aryl methyl sites for hydroxylation is 1. The average molecular weight is 386 g/mol. The van der Waals surface area contributed by atoms with Gasteiger partial charge in [-0.25, -0.2) is 18.2 Å². The molecule has 0 unspecified atom stereocenters. The number of hydrogen-bond donors (Lipinski definition) is 1. The molecule has 0 atom stereocenters. The second kappa shape index (κ2) is 7.63. The molecule has 0 bridgehead atoms. The van der Waals surface area contributed by atoms with Crippen LogP contribution in [0.25, 0.3) is 11.5 Å². The second-order valence-electron chi connectivity index (χ2n) is 5.92. The SMILES string of the molecule is Cc1oc(-c2ccccc2)nc1COC(=O)c1cccc(NS(C)(=O)=O)c1. The maximum absolute atomic E-state index is 12.3. The van der Waals surface area contributed by atoms with Crippen molar-refractivity contribution in [1.82, 2.24) is 4.98 Å². The minimum Gasteiger partial charge on any atom is -0.455 e. The van der Waals surface area contributed by atoms with E-state index in [1.54, 1.807) is 25.1 Å². The topological polar surface area (TPSA) is 98.5 Å². The van der Waals surface area contributed by atoms with Crippen LogP contribution in [0.1, 0.15) is 21.8 Å². The fourth-order valence-electron chi connectivity index (χ4n) is 2.41. The van der Waals surface area contributed by atoms with Crippen LogP contribution in [0.5, 0.6) is 0 Å². The molecule has 1 aromatic heterocycles. The van der Waals surface area contributed by atoms with Crippen molar-refractivity contribution in [2.24, 2.45) is 0 Å². The van der Waals surface area contributed by atoms with Crippen LogP contribution < -0.4 is 4.72 Å². The first-order valence-electron chi connectivity index (χ1n) is 8.08. The van der Waals surface area contributed by atoms with Crippen molar-refractivity contribution in [2.45, 2.75) is 13.5 Å². The number of hydrogen-bond acceptors (Lipinski definition) is 6. The zero-order valence-corrected chi connectivity index (χ0v) is 15.6. The largest absolute Gasteiger partial charge is 0.455 e. The van der Waals surface area contributed by atoms with Crippen molar-refractivity contribution in [3.63, 3.8) is 0 Å². The molecule has 1 N–H and O–H groups in total. The molecule has 0 aliphatic rings. The number of nitrogens with one attached hydrogen (secondary N) is 1. The number of esters is 1. The summed E-state index contributed by atoms with van der Waals surface area (Å²) in [6.45, 7) is 1.70. The number of anilines is 1. The lowest BCUT2D eigenvalue weighted by Gasteiger charge is -2.07. The molecule has 0 saturated carbocycles. The van der Waals surface area contributed by atoms with E-state index < -0.39 is 16.0 Å². The van der Waals surface area contributed by atoms with Gasteiger partial charge in [-0.2, -0.15) is 0 Å². The lowest BCUT2D eigenvalue weighted by Crippen LogP contribution is -2.11. The van der Waals surface area contributed by atoms with E-state index in [2.05, 4.69) is 9.71 Å². The van der Waals surface area contributed by atoms with Crippen molar-refractivity contribution < 1.29 is 22.4 Å². The molecule has 0 aliphatic heterocycles. The highest BCUT2D eigenvalue weighted by molar-refractivity contribution is 7.92. The summed E-state index contributed by atoms with van der Waals surface area (Å²) in [7, 11) is -3.43. The second-order valence-corrected chi connectivity index (χ2v) is 7.67. The molecule has 0 aliphatic carbocycles. The van der Waals surface area contributed by atoms with Crippen LogP contribution in [0.4, 0.5) is 5.69 Å². The first kappa shape index (κ1) is 18.7. The van der Waals surface area contributed by atoms with Gasteiger partial charge in [0.05, 0.1) is 11.8 Å². The molecule has 0 amide bonds. The fraction of sp³-hybridized carbons (Fsp3) is 0.158. The van der Waals surface area contributed by atoms with Gasteiger partial charge in [-0.15, -0.1) is 0 Å². The van der Waals surface area contributed by atoms with Gasteiger partial charge in [-0.3, -0.25) is 4.72 Å². The zero-order chi connectivity index (χ0) is 19.4. The Morgan fingerprint density at radius 3 is 2.59 bits per heavy atom. The maximum Gasteiger partial charge on any atom is 0.338 e. The number of nitrogens with zero attached hydrogens (tertiary/aromatic N) is 1. The summed E-state index contributed by atoms with van der Waals surface area (Å²) < 4.78 is 35.8. The Morgan fingerprint density at radius 1 is 1.15 bits per heavy atom. The molecule has 0 fully saturated rings. The molecule has 3 rings (SSSR count). The number of carbonyl (C=O) groups excluding carboxylic acids is 1. The van der Waals surface area contributed by atoms with E-state index in [-0.39, 0.29) is 17.9 Å². The van der Waals surface area contributed by atoms with Crippen LogP contribution in [0.3, 0.4) is 0 Å². The molecule has 0 saturated heterocycles. The summed E-state index contributed by atoms with van der Waals surface area (Å²) in [5.74, 6) is 0.434. The van der Waals surface area contributed by atoms with E-state index in [0.717, 1.165) is 11.8 Å². The highest BCUT2D eigenvalue weighted by Crippen LogP contribution is 2.22. The maximum atomic E-state index is 12.3. The van der Waals surface area contributed by atoms with E-state index in [4.69, 9.17) is 9.15 Å². The minimum atomic E-state index is -3.43. The standard InChI is InChI=1S/C19H18N2O5S/c1-13-17(20-18(26-13)14-7-4-3-5-8-14)12-25-19(22)15-9-6-10-16(11-15)21-27(2,23)24/h3-11,21H,12H2,1-2H3. The average Bonchev–Trinajstić information content (AvgIpc) is 3.00. The van der Waals surface area contributed by atoms with Crippen LogP contribution in [-0.4, -0.2) is 25.6 Å². The molecule has 2 aromatic carbocycles. The van der Waals surface area contributed by atoms with Gasteiger partial charge in [-0.1, -0.05) is 24.3 Å². The molecule has 27 heavy (non-hydrogen) atoms. The van der Waals surface area contributed by atoms with Crippen LogP contribution in [-0.2, 0) is 21.4 Å². The van der Waals surface area contributed by atoms with Crippen LogP contribution in [0, 0.1) is 6.92 Å². The van der Waals surface area contributed by atoms with Crippen LogP contribution >= 0.6 is 0 Å². The third-order valence-corrected chi connectivity index (χ3v) is 4.26. The Hall–Kier alpha value is -3.13. The quantitative estimate of drug-likeness (QED) is 0.652. The number of oxazole rings is 1. The van der Waals surface area contributed by atoms with Gasteiger partial charge in [-0.05, 0) is 37.3 Å². The van der Waals surface area contributed by atoms with E-state index >= 15 is 0 Å². The molecular formula is C19H18N2O5S. The zero-order valence-electron chi connectivity index (χ0n) is 14.8. The lowest BCUT2D eigenvalue weighted by molar-refractivity contribution is 0.0467. The van der Waals surface area contributed by atoms with Gasteiger partial charge < -0.3 is 9.15 Å². The molecule has 1 heterocycles. The Labute approximate surface area is 157 Å². The van der Waals surface area contributed by atoms with Crippen LogP contribution in [0.2, 0.25) is 0 Å². The molecule has 0 spiro atoms. The number of rotatable bonds is 6. The predicted octanol–water partition coefficient (Wildman–Crippen LogP) is 3.38. The summed E-state index contributed by atoms with van der Waals surface area (Å²) in [6, 6.07) is 15.5. The molecule has 8 heteroatoms. The van der Waals surface area contributed by atoms with Crippen molar-refractivity contribution in [2.75, 3.05) is 11.0 Å². The summed E-state index contributed by atoms with van der Waals surface area (Å²) in [5, 5.41) is 0. The molecule has 140 valence electrons. The Morgan fingerprint density at radius 2 is 1.89 bits per heavy atom. The monoisotopic (exact) mass is 386 g/mol. The normalized spacial score (nSPS) is 11.2. The lowest BCUT2D eigenvalue weighted by atomic mass is 10.2. The first-order chi connectivity index (χ1) is 12.8. The highest BCUT2D eigenvalue weighted by Gasteiger charge is 2.15. The van der Waals surface area contributed by atoms with Crippen molar-refractivity contribution in [1.29, 1.82) is 0 Å². The van der Waals surface area contributed by atoms with Gasteiger partial charge in [0, 0.05) is 11.3 Å². The van der Waals surface area contributed by atoms with Crippen molar-refractivity contribution in [3.8, 4) is 11.5 Å². The Kier molecular flexibility index (Phi) is 5.27. The highest BCUT2D eigenvalue weighted by atomic mass is 32.2. The van der Waals surface area contributed by atoms with Crippen molar-refractivity contribution in [3.05, 3.63) is 71.6 Å². The van der Waals surface area contributed by atoms with Gasteiger partial charge in [0.2, 0.25) is 15.9 Å². The smallest absolute Gasteiger partial charge is 0.338 e. The number of ether oxygens (including phenoxy) is 1. The Balaban J connectivity index is 1.69. The van der Waals surface area contributed by atoms with Crippen molar-refractivity contribution >= 4 is 21.7 Å². The van der Waals surface area contributed by atoms with Gasteiger partial charge in [0.25, 0.3) is 0 Å². The summed E-state index contributed by atoms with van der Waals surface area (Å²) in [4.78, 5) is 16.6. The van der Waals surface area contributed by atoms with Gasteiger partial charge in [0.15, 0.2) is 0 Å². The first-order valence-corrected chi connectivity index (χ1v) is 9.98. The summed E-state index contributed by atoms with van der Waals surface area (Å²) >= 11 is 0. The number of sulfonamides is 1.